The fraction of sp³-hybridized carbons (Fsp3) is 0.545. The minimum absolute atomic E-state index is 0.0529. The number of aromatic nitrogens is 5. The van der Waals surface area contributed by atoms with Gasteiger partial charge in [-0.15, -0.1) is 0 Å². The zero-order chi connectivity index (χ0) is 21.4. The van der Waals surface area contributed by atoms with Gasteiger partial charge in [0.15, 0.2) is 0 Å². The van der Waals surface area contributed by atoms with E-state index in [1.54, 1.807) is 13.4 Å². The number of nitrogens with zero attached hydrogens (tertiary/aromatic N) is 6. The van der Waals surface area contributed by atoms with Crippen molar-refractivity contribution in [3.63, 3.8) is 0 Å². The monoisotopic (exact) mass is 424 g/mol. The van der Waals surface area contributed by atoms with Crippen molar-refractivity contribution < 1.29 is 9.53 Å². The number of hydrogen-bond donors (Lipinski definition) is 0. The second kappa shape index (κ2) is 8.30. The molecular weight excluding hydrogens is 396 g/mol. The quantitative estimate of drug-likeness (QED) is 0.577. The Labute approximate surface area is 180 Å². The van der Waals surface area contributed by atoms with Crippen LogP contribution in [0.2, 0.25) is 0 Å². The van der Waals surface area contributed by atoms with Gasteiger partial charge in [0.2, 0.25) is 5.91 Å². The number of amides is 1. The lowest BCUT2D eigenvalue weighted by molar-refractivity contribution is -0.133. The van der Waals surface area contributed by atoms with Crippen LogP contribution in [0.25, 0.3) is 11.0 Å². The molecule has 164 valence electrons. The van der Waals surface area contributed by atoms with E-state index in [9.17, 15) is 9.59 Å². The molecule has 1 unspecified atom stereocenters. The third-order valence-electron chi connectivity index (χ3n) is 6.29. The van der Waals surface area contributed by atoms with Crippen LogP contribution >= 0.6 is 0 Å². The smallest absolute Gasteiger partial charge is 0.346 e. The van der Waals surface area contributed by atoms with Crippen molar-refractivity contribution in [2.24, 2.45) is 0 Å². The van der Waals surface area contributed by atoms with E-state index in [-0.39, 0.29) is 30.1 Å². The number of carbonyl (C=O) groups excluding carboxylic acids is 1. The Bertz CT molecular complexity index is 1140. The summed E-state index contributed by atoms with van der Waals surface area (Å²) in [5.74, 6) is 0.982. The molecule has 1 amide bonds. The Balaban J connectivity index is 1.34. The Morgan fingerprint density at radius 3 is 2.87 bits per heavy atom. The SMILES string of the molecule is COCCn1nc(C2CCCN(C(=O)Cn3cnc4ccccc43)C2)n(C2CC2)c1=O. The van der Waals surface area contributed by atoms with Crippen LogP contribution in [0.5, 0.6) is 0 Å². The lowest BCUT2D eigenvalue weighted by Gasteiger charge is -2.32. The molecule has 1 aliphatic heterocycles. The fourth-order valence-electron chi connectivity index (χ4n) is 4.51. The molecule has 1 atom stereocenters. The van der Waals surface area contributed by atoms with Gasteiger partial charge in [-0.3, -0.25) is 9.36 Å². The second-order valence-corrected chi connectivity index (χ2v) is 8.50. The van der Waals surface area contributed by atoms with Crippen LogP contribution in [0.15, 0.2) is 35.4 Å². The molecule has 3 aromatic rings. The number of para-hydroxylation sites is 2. The molecule has 2 aliphatic rings. The van der Waals surface area contributed by atoms with E-state index >= 15 is 0 Å². The normalized spacial score (nSPS) is 19.3. The summed E-state index contributed by atoms with van der Waals surface area (Å²) < 4.78 is 10.4. The van der Waals surface area contributed by atoms with E-state index in [0.29, 0.717) is 19.7 Å². The molecule has 31 heavy (non-hydrogen) atoms. The summed E-state index contributed by atoms with van der Waals surface area (Å²) in [6.45, 7) is 2.50. The molecular formula is C22H28N6O3. The molecule has 1 saturated carbocycles. The summed E-state index contributed by atoms with van der Waals surface area (Å²) in [5, 5.41) is 4.68. The van der Waals surface area contributed by atoms with Gasteiger partial charge in [-0.2, -0.15) is 5.10 Å². The van der Waals surface area contributed by atoms with Gasteiger partial charge in [0.1, 0.15) is 12.4 Å². The molecule has 0 spiro atoms. The molecule has 5 rings (SSSR count). The number of benzene rings is 1. The molecule has 9 nitrogen and oxygen atoms in total. The molecule has 2 aromatic heterocycles. The molecule has 0 bridgehead atoms. The number of likely N-dealkylation sites (tertiary alicyclic amines) is 1. The van der Waals surface area contributed by atoms with Crippen LogP contribution in [-0.2, 0) is 22.6 Å². The fourth-order valence-corrected chi connectivity index (χ4v) is 4.51. The highest BCUT2D eigenvalue weighted by Gasteiger charge is 2.35. The van der Waals surface area contributed by atoms with Crippen molar-refractivity contribution in [1.82, 2.24) is 28.8 Å². The van der Waals surface area contributed by atoms with Crippen molar-refractivity contribution in [2.75, 3.05) is 26.8 Å². The number of hydrogen-bond acceptors (Lipinski definition) is 5. The average molecular weight is 425 g/mol. The van der Waals surface area contributed by atoms with Gasteiger partial charge in [-0.05, 0) is 37.8 Å². The molecule has 0 radical (unpaired) electrons. The van der Waals surface area contributed by atoms with E-state index in [2.05, 4.69) is 10.1 Å². The van der Waals surface area contributed by atoms with Gasteiger partial charge >= 0.3 is 5.69 Å². The molecule has 1 aromatic carbocycles. The number of carbonyl (C=O) groups is 1. The van der Waals surface area contributed by atoms with Crippen LogP contribution < -0.4 is 5.69 Å². The molecule has 2 fully saturated rings. The predicted molar refractivity (Wildman–Crippen MR) is 115 cm³/mol. The Morgan fingerprint density at radius 2 is 2.06 bits per heavy atom. The first-order valence-electron chi connectivity index (χ1n) is 11.0. The van der Waals surface area contributed by atoms with Gasteiger partial charge in [-0.25, -0.2) is 14.5 Å². The van der Waals surface area contributed by atoms with Gasteiger partial charge in [0.05, 0.1) is 30.5 Å². The summed E-state index contributed by atoms with van der Waals surface area (Å²) >= 11 is 0. The Hall–Kier alpha value is -2.94. The molecule has 1 saturated heterocycles. The van der Waals surface area contributed by atoms with Crippen molar-refractivity contribution >= 4 is 16.9 Å². The number of ether oxygens (including phenoxy) is 1. The number of piperidine rings is 1. The Morgan fingerprint density at radius 1 is 1.23 bits per heavy atom. The number of imidazole rings is 1. The van der Waals surface area contributed by atoms with Crippen LogP contribution in [0, 0.1) is 0 Å². The largest absolute Gasteiger partial charge is 0.383 e. The molecule has 1 aliphatic carbocycles. The Kier molecular flexibility index (Phi) is 5.35. The maximum atomic E-state index is 13.1. The summed E-state index contributed by atoms with van der Waals surface area (Å²) in [5.41, 5.74) is 1.80. The van der Waals surface area contributed by atoms with E-state index in [4.69, 9.17) is 4.74 Å². The van der Waals surface area contributed by atoms with Crippen LogP contribution in [-0.4, -0.2) is 61.5 Å². The predicted octanol–water partition coefficient (Wildman–Crippen LogP) is 1.78. The first kappa shape index (κ1) is 20.0. The molecule has 0 N–H and O–H groups in total. The maximum Gasteiger partial charge on any atom is 0.346 e. The zero-order valence-corrected chi connectivity index (χ0v) is 17.8. The topological polar surface area (TPSA) is 87.2 Å². The van der Waals surface area contributed by atoms with E-state index in [0.717, 1.165) is 49.1 Å². The van der Waals surface area contributed by atoms with Gasteiger partial charge in [-0.1, -0.05) is 12.1 Å². The lowest BCUT2D eigenvalue weighted by Crippen LogP contribution is -2.41. The highest BCUT2D eigenvalue weighted by atomic mass is 16.5. The number of methoxy groups -OCH3 is 1. The highest BCUT2D eigenvalue weighted by Crippen LogP contribution is 2.37. The summed E-state index contributed by atoms with van der Waals surface area (Å²) in [6.07, 6.45) is 5.61. The average Bonchev–Trinajstić information content (AvgIpc) is 3.47. The maximum absolute atomic E-state index is 13.1. The highest BCUT2D eigenvalue weighted by molar-refractivity contribution is 5.80. The number of rotatable bonds is 7. The first-order chi connectivity index (χ1) is 15.2. The van der Waals surface area contributed by atoms with E-state index in [1.807, 2.05) is 38.3 Å². The minimum Gasteiger partial charge on any atom is -0.383 e. The summed E-state index contributed by atoms with van der Waals surface area (Å²) in [7, 11) is 1.62. The second-order valence-electron chi connectivity index (χ2n) is 8.50. The summed E-state index contributed by atoms with van der Waals surface area (Å²) in [6, 6.07) is 8.09. The van der Waals surface area contributed by atoms with E-state index in [1.165, 1.54) is 4.68 Å². The van der Waals surface area contributed by atoms with Crippen molar-refractivity contribution in [1.29, 1.82) is 0 Å². The molecule has 9 heteroatoms. The van der Waals surface area contributed by atoms with Crippen LogP contribution in [0.4, 0.5) is 0 Å². The third-order valence-corrected chi connectivity index (χ3v) is 6.29. The van der Waals surface area contributed by atoms with E-state index < -0.39 is 0 Å². The minimum atomic E-state index is -0.0529. The molecule has 3 heterocycles. The van der Waals surface area contributed by atoms with Gasteiger partial charge < -0.3 is 14.2 Å². The van der Waals surface area contributed by atoms with Crippen molar-refractivity contribution in [3.05, 3.63) is 46.9 Å². The zero-order valence-electron chi connectivity index (χ0n) is 17.8. The van der Waals surface area contributed by atoms with Crippen LogP contribution in [0.3, 0.4) is 0 Å². The van der Waals surface area contributed by atoms with Crippen LogP contribution in [0.1, 0.15) is 43.5 Å². The lowest BCUT2D eigenvalue weighted by atomic mass is 9.97. The first-order valence-corrected chi connectivity index (χ1v) is 11.0. The number of fused-ring (bicyclic) bond motifs is 1. The van der Waals surface area contributed by atoms with Gasteiger partial charge in [0, 0.05) is 32.2 Å². The van der Waals surface area contributed by atoms with Crippen molar-refractivity contribution in [3.8, 4) is 0 Å². The standard InChI is InChI=1S/C22H28N6O3/c1-31-12-11-27-22(30)28(17-8-9-17)21(24-27)16-5-4-10-25(13-16)20(29)14-26-15-23-18-6-2-3-7-19(18)26/h2-3,6-7,15-17H,4-5,8-14H2,1H3. The van der Waals surface area contributed by atoms with Crippen molar-refractivity contribution in [2.45, 2.75) is 50.7 Å². The van der Waals surface area contributed by atoms with Gasteiger partial charge in [0.25, 0.3) is 0 Å². The third kappa shape index (κ3) is 3.89. The summed E-state index contributed by atoms with van der Waals surface area (Å²) in [4.78, 5) is 32.3.